The lowest BCUT2D eigenvalue weighted by Crippen LogP contribution is -2.43. The van der Waals surface area contributed by atoms with E-state index in [1.165, 1.54) is 19.2 Å². The van der Waals surface area contributed by atoms with Crippen LogP contribution in [0.15, 0.2) is 28.3 Å². The lowest BCUT2D eigenvalue weighted by molar-refractivity contribution is 0.318. The number of halogens is 1. The van der Waals surface area contributed by atoms with E-state index >= 15 is 0 Å². The average Bonchev–Trinajstić information content (AvgIpc) is 2.58. The van der Waals surface area contributed by atoms with Gasteiger partial charge in [-0.1, -0.05) is 5.16 Å². The zero-order valence-corrected chi connectivity index (χ0v) is 14.4. The molecular formula is C13H17FN8O3S. The first-order chi connectivity index (χ1) is 12.2. The molecule has 0 heterocycles. The molecule has 13 heteroatoms. The van der Waals surface area contributed by atoms with Crippen LogP contribution in [0.25, 0.3) is 0 Å². The van der Waals surface area contributed by atoms with Crippen LogP contribution < -0.4 is 20.5 Å². The zero-order chi connectivity index (χ0) is 19.7. The third-order valence-corrected chi connectivity index (χ3v) is 3.47. The summed E-state index contributed by atoms with van der Waals surface area (Å²) in [4.78, 5) is 3.82. The molecule has 0 radical (unpaired) electrons. The van der Waals surface area contributed by atoms with Crippen LogP contribution in [0.5, 0.6) is 0 Å². The van der Waals surface area contributed by atoms with Gasteiger partial charge in [0.2, 0.25) is 0 Å². The minimum absolute atomic E-state index is 0.00273. The van der Waals surface area contributed by atoms with Crippen LogP contribution in [0.4, 0.5) is 10.1 Å². The SMILES string of the molecule is C/N=C(C(=N)Nc1ccc(F)c(C#N)c1)\C(=N/O)NCCNS(N)(=O)=O. The van der Waals surface area contributed by atoms with Gasteiger partial charge in [-0.2, -0.15) is 13.7 Å². The Morgan fingerprint density at radius 1 is 1.46 bits per heavy atom. The molecule has 0 unspecified atom stereocenters. The Kier molecular flexibility index (Phi) is 7.59. The molecule has 0 saturated carbocycles. The zero-order valence-electron chi connectivity index (χ0n) is 13.6. The molecule has 0 saturated heterocycles. The molecule has 0 aliphatic heterocycles. The van der Waals surface area contributed by atoms with Crippen molar-refractivity contribution < 1.29 is 18.0 Å². The summed E-state index contributed by atoms with van der Waals surface area (Å²) in [6, 6.07) is 5.26. The number of hydrogen-bond acceptors (Lipinski definition) is 7. The highest BCUT2D eigenvalue weighted by atomic mass is 32.2. The predicted octanol–water partition coefficient (Wildman–Crippen LogP) is -0.672. The van der Waals surface area contributed by atoms with Gasteiger partial charge in [0, 0.05) is 25.8 Å². The van der Waals surface area contributed by atoms with E-state index in [0.29, 0.717) is 0 Å². The number of nitrogens with one attached hydrogen (secondary N) is 4. The van der Waals surface area contributed by atoms with Crippen molar-refractivity contribution in [3.8, 4) is 6.07 Å². The minimum atomic E-state index is -3.86. The second-order valence-corrected chi connectivity index (χ2v) is 6.07. The molecule has 0 spiro atoms. The Morgan fingerprint density at radius 3 is 2.69 bits per heavy atom. The van der Waals surface area contributed by atoms with Crippen molar-refractivity contribution in [1.82, 2.24) is 10.0 Å². The number of rotatable bonds is 7. The van der Waals surface area contributed by atoms with Crippen LogP contribution in [0.2, 0.25) is 0 Å². The van der Waals surface area contributed by atoms with E-state index in [1.54, 1.807) is 6.07 Å². The quantitative estimate of drug-likeness (QED) is 0.119. The molecule has 0 aromatic heterocycles. The van der Waals surface area contributed by atoms with E-state index < -0.39 is 16.0 Å². The van der Waals surface area contributed by atoms with Gasteiger partial charge in [0.1, 0.15) is 17.6 Å². The van der Waals surface area contributed by atoms with E-state index in [2.05, 4.69) is 20.8 Å². The fourth-order valence-electron chi connectivity index (χ4n) is 1.77. The van der Waals surface area contributed by atoms with E-state index in [-0.39, 0.29) is 41.7 Å². The van der Waals surface area contributed by atoms with Crippen molar-refractivity contribution in [3.63, 3.8) is 0 Å². The van der Waals surface area contributed by atoms with Crippen LogP contribution in [0, 0.1) is 22.6 Å². The van der Waals surface area contributed by atoms with Gasteiger partial charge in [0.15, 0.2) is 11.7 Å². The van der Waals surface area contributed by atoms with Crippen LogP contribution in [0.1, 0.15) is 5.56 Å². The van der Waals surface area contributed by atoms with Crippen molar-refractivity contribution >= 4 is 33.3 Å². The molecule has 1 aromatic carbocycles. The molecule has 1 aromatic rings. The summed E-state index contributed by atoms with van der Waals surface area (Å²) in [6.07, 6.45) is 0. The van der Waals surface area contributed by atoms with Crippen LogP contribution >= 0.6 is 0 Å². The van der Waals surface area contributed by atoms with Crippen LogP contribution in [-0.4, -0.2) is 51.1 Å². The lowest BCUT2D eigenvalue weighted by atomic mass is 10.2. The summed E-state index contributed by atoms with van der Waals surface area (Å²) < 4.78 is 36.9. The molecule has 26 heavy (non-hydrogen) atoms. The number of nitrogens with zero attached hydrogens (tertiary/aromatic N) is 3. The van der Waals surface area contributed by atoms with Gasteiger partial charge in [-0.05, 0) is 18.2 Å². The topological polar surface area (TPSA) is 189 Å². The number of aliphatic imine (C=N–C) groups is 1. The summed E-state index contributed by atoms with van der Waals surface area (Å²) >= 11 is 0. The van der Waals surface area contributed by atoms with E-state index in [1.807, 2.05) is 4.72 Å². The maximum Gasteiger partial charge on any atom is 0.274 e. The number of amidine groups is 2. The van der Waals surface area contributed by atoms with Gasteiger partial charge < -0.3 is 15.8 Å². The molecule has 7 N–H and O–H groups in total. The van der Waals surface area contributed by atoms with Gasteiger partial charge in [0.25, 0.3) is 10.2 Å². The molecule has 0 bridgehead atoms. The second kappa shape index (κ2) is 9.42. The monoisotopic (exact) mass is 384 g/mol. The molecule has 0 atom stereocenters. The predicted molar refractivity (Wildman–Crippen MR) is 94.2 cm³/mol. The summed E-state index contributed by atoms with van der Waals surface area (Å²) in [5, 5.41) is 38.8. The summed E-state index contributed by atoms with van der Waals surface area (Å²) in [5.74, 6) is -1.21. The second-order valence-electron chi connectivity index (χ2n) is 4.69. The summed E-state index contributed by atoms with van der Waals surface area (Å²) in [7, 11) is -2.52. The minimum Gasteiger partial charge on any atom is -0.409 e. The van der Waals surface area contributed by atoms with Crippen molar-refractivity contribution in [2.45, 2.75) is 0 Å². The van der Waals surface area contributed by atoms with Crippen LogP contribution in [0.3, 0.4) is 0 Å². The number of nitriles is 1. The third kappa shape index (κ3) is 6.43. The molecule has 0 aliphatic carbocycles. The van der Waals surface area contributed by atoms with E-state index in [9.17, 15) is 12.8 Å². The first kappa shape index (κ1) is 21.0. The van der Waals surface area contributed by atoms with Gasteiger partial charge in [0.05, 0.1) is 5.56 Å². The highest BCUT2D eigenvalue weighted by molar-refractivity contribution is 7.87. The number of anilines is 1. The Labute approximate surface area is 149 Å². The molecule has 11 nitrogen and oxygen atoms in total. The smallest absolute Gasteiger partial charge is 0.274 e. The average molecular weight is 384 g/mol. The fourth-order valence-corrected chi connectivity index (χ4v) is 2.16. The largest absolute Gasteiger partial charge is 0.409 e. The number of benzene rings is 1. The maximum atomic E-state index is 13.3. The molecule has 1 rings (SSSR count). The van der Waals surface area contributed by atoms with Gasteiger partial charge in [-0.3, -0.25) is 10.4 Å². The maximum absolute atomic E-state index is 13.3. The standard InChI is InChI=1S/C13H17FN8O3S/c1-18-11(13(22-23)19-4-5-20-26(17,24)25)12(16)21-9-2-3-10(14)8(6-9)7-15/h2-3,6,20,23H,4-5H2,1H3,(H2,16,21)(H,19,22)(H2,17,24,25)/b18-11-. The van der Waals surface area contributed by atoms with Gasteiger partial charge >= 0.3 is 0 Å². The van der Waals surface area contributed by atoms with Crippen molar-refractivity contribution in [2.24, 2.45) is 15.3 Å². The molecule has 140 valence electrons. The fraction of sp³-hybridized carbons (Fsp3) is 0.231. The normalized spacial score (nSPS) is 12.4. The highest BCUT2D eigenvalue weighted by Gasteiger charge is 2.16. The van der Waals surface area contributed by atoms with Gasteiger partial charge in [-0.15, -0.1) is 0 Å². The first-order valence-electron chi connectivity index (χ1n) is 6.98. The Bertz CT molecular complexity index is 876. The Morgan fingerprint density at radius 2 is 2.15 bits per heavy atom. The summed E-state index contributed by atoms with van der Waals surface area (Å²) in [6.45, 7) is -0.101. The van der Waals surface area contributed by atoms with Crippen molar-refractivity contribution in [2.75, 3.05) is 25.5 Å². The molecule has 0 aliphatic rings. The number of oxime groups is 1. The van der Waals surface area contributed by atoms with Crippen LogP contribution in [-0.2, 0) is 10.2 Å². The molecule has 0 fully saturated rings. The Hall–Kier alpha value is -3.08. The third-order valence-electron chi connectivity index (χ3n) is 2.86. The van der Waals surface area contributed by atoms with E-state index in [4.69, 9.17) is 21.0 Å². The Balaban J connectivity index is 2.79. The summed E-state index contributed by atoms with van der Waals surface area (Å²) in [5.41, 5.74) is -0.0470. The van der Waals surface area contributed by atoms with Crippen molar-refractivity contribution in [3.05, 3.63) is 29.6 Å². The lowest BCUT2D eigenvalue weighted by Gasteiger charge is -2.13. The number of nitrogens with two attached hydrogens (primary N) is 1. The van der Waals surface area contributed by atoms with E-state index in [0.717, 1.165) is 6.07 Å². The van der Waals surface area contributed by atoms with Crippen molar-refractivity contribution in [1.29, 1.82) is 10.7 Å². The number of hydrogen-bond donors (Lipinski definition) is 6. The van der Waals surface area contributed by atoms with Gasteiger partial charge in [-0.25, -0.2) is 14.3 Å². The molecular weight excluding hydrogens is 367 g/mol. The highest BCUT2D eigenvalue weighted by Crippen LogP contribution is 2.14. The molecule has 0 amide bonds. The first-order valence-corrected chi connectivity index (χ1v) is 8.52.